The molecule has 1 unspecified atom stereocenters. The lowest BCUT2D eigenvalue weighted by Gasteiger charge is -2.19. The maximum Gasteiger partial charge on any atom is 0.414 e. The summed E-state index contributed by atoms with van der Waals surface area (Å²) in [6.07, 6.45) is 2.67. The van der Waals surface area contributed by atoms with Crippen LogP contribution in [0, 0.1) is 6.92 Å². The fraction of sp³-hybridized carbons (Fsp3) is 0.333. The van der Waals surface area contributed by atoms with Crippen molar-refractivity contribution in [2.75, 3.05) is 26.7 Å². The van der Waals surface area contributed by atoms with Gasteiger partial charge in [-0.25, -0.2) is 14.6 Å². The van der Waals surface area contributed by atoms with Gasteiger partial charge < -0.3 is 31.3 Å². The third-order valence-electron chi connectivity index (χ3n) is 5.64. The van der Waals surface area contributed by atoms with Crippen molar-refractivity contribution in [3.63, 3.8) is 0 Å². The SMILES string of the molecule is CNC(=O)NCC(=O)NCCCC(Cc1ccc(-c2ccccn2)cc1)NC(=O)CNC(=O)Oc1csc(C)n1. The Bertz CT molecular complexity index is 1270. The van der Waals surface area contributed by atoms with Crippen LogP contribution in [-0.2, 0) is 16.0 Å². The third-order valence-corrected chi connectivity index (χ3v) is 6.39. The zero-order valence-electron chi connectivity index (χ0n) is 22.4. The Labute approximate surface area is 236 Å². The standard InChI is InChI=1S/C27H33N7O5S/c1-18-33-25(17-40-18)39-27(38)32-16-24(36)34-21(6-5-13-30-23(35)15-31-26(37)28-2)14-19-8-10-20(11-9-19)22-7-3-4-12-29-22/h3-4,7-12,17,21H,5-6,13-16H2,1-2H3,(H,30,35)(H,32,38)(H,34,36)(H2,28,31,37). The molecular formula is C27H33N7O5S. The molecule has 0 spiro atoms. The molecule has 0 aliphatic rings. The molecule has 212 valence electrons. The van der Waals surface area contributed by atoms with Gasteiger partial charge in [0, 0.05) is 31.4 Å². The minimum absolute atomic E-state index is 0.134. The molecule has 40 heavy (non-hydrogen) atoms. The van der Waals surface area contributed by atoms with Gasteiger partial charge >= 0.3 is 12.1 Å². The van der Waals surface area contributed by atoms with Crippen molar-refractivity contribution in [1.29, 1.82) is 0 Å². The van der Waals surface area contributed by atoms with Gasteiger partial charge in [-0.2, -0.15) is 0 Å². The largest absolute Gasteiger partial charge is 0.414 e. The van der Waals surface area contributed by atoms with Crippen LogP contribution >= 0.6 is 11.3 Å². The van der Waals surface area contributed by atoms with E-state index in [-0.39, 0.29) is 36.8 Å². The Morgan fingerprint density at radius 1 is 0.975 bits per heavy atom. The lowest BCUT2D eigenvalue weighted by Crippen LogP contribution is -2.44. The third kappa shape index (κ3) is 10.7. The molecule has 0 radical (unpaired) electrons. The minimum atomic E-state index is -0.768. The predicted octanol–water partition coefficient (Wildman–Crippen LogP) is 2.15. The molecule has 0 saturated heterocycles. The number of carbonyl (C=O) groups is 4. The molecule has 5 amide bonds. The van der Waals surface area contributed by atoms with Crippen molar-refractivity contribution < 1.29 is 23.9 Å². The summed E-state index contributed by atoms with van der Waals surface area (Å²) in [5, 5.41) is 15.3. The summed E-state index contributed by atoms with van der Waals surface area (Å²) >= 11 is 1.35. The minimum Gasteiger partial charge on any atom is -0.390 e. The van der Waals surface area contributed by atoms with Crippen molar-refractivity contribution in [3.05, 3.63) is 64.6 Å². The number of benzene rings is 1. The average Bonchev–Trinajstić information content (AvgIpc) is 3.37. The number of amides is 5. The number of aryl methyl sites for hydroxylation is 1. The zero-order valence-corrected chi connectivity index (χ0v) is 23.2. The quantitative estimate of drug-likeness (QED) is 0.198. The van der Waals surface area contributed by atoms with Crippen LogP contribution in [0.4, 0.5) is 9.59 Å². The Morgan fingerprint density at radius 2 is 1.75 bits per heavy atom. The van der Waals surface area contributed by atoms with Crippen LogP contribution in [-0.4, -0.2) is 66.6 Å². The fourth-order valence-corrected chi connectivity index (χ4v) is 4.21. The number of urea groups is 1. The van der Waals surface area contributed by atoms with Crippen molar-refractivity contribution in [3.8, 4) is 17.1 Å². The van der Waals surface area contributed by atoms with Gasteiger partial charge in [-0.1, -0.05) is 30.3 Å². The molecule has 0 bridgehead atoms. The topological polar surface area (TPSA) is 163 Å². The first-order valence-electron chi connectivity index (χ1n) is 12.7. The van der Waals surface area contributed by atoms with E-state index >= 15 is 0 Å². The highest BCUT2D eigenvalue weighted by atomic mass is 32.1. The molecule has 3 aromatic rings. The van der Waals surface area contributed by atoms with Crippen molar-refractivity contribution in [2.24, 2.45) is 0 Å². The van der Waals surface area contributed by atoms with E-state index in [9.17, 15) is 19.2 Å². The number of hydrogen-bond donors (Lipinski definition) is 5. The van der Waals surface area contributed by atoms with Crippen LogP contribution in [0.1, 0.15) is 23.4 Å². The zero-order chi connectivity index (χ0) is 28.7. The molecular weight excluding hydrogens is 534 g/mol. The summed E-state index contributed by atoms with van der Waals surface area (Å²) in [7, 11) is 1.47. The number of hydrogen-bond acceptors (Lipinski definition) is 8. The molecule has 1 aromatic carbocycles. The maximum absolute atomic E-state index is 12.6. The summed E-state index contributed by atoms with van der Waals surface area (Å²) in [5.74, 6) is -0.507. The Hall–Kier alpha value is -4.52. The van der Waals surface area contributed by atoms with Gasteiger partial charge in [0.25, 0.3) is 0 Å². The van der Waals surface area contributed by atoms with Gasteiger partial charge in [0.05, 0.1) is 22.6 Å². The van der Waals surface area contributed by atoms with E-state index in [4.69, 9.17) is 4.74 Å². The van der Waals surface area contributed by atoms with Crippen LogP contribution in [0.5, 0.6) is 5.88 Å². The van der Waals surface area contributed by atoms with Crippen molar-refractivity contribution >= 4 is 35.3 Å². The second-order valence-electron chi connectivity index (χ2n) is 8.75. The van der Waals surface area contributed by atoms with E-state index in [2.05, 4.69) is 36.6 Å². The van der Waals surface area contributed by atoms with E-state index in [1.165, 1.54) is 18.4 Å². The molecule has 5 N–H and O–H groups in total. The van der Waals surface area contributed by atoms with E-state index < -0.39 is 12.1 Å². The van der Waals surface area contributed by atoms with Crippen LogP contribution < -0.4 is 31.3 Å². The molecule has 0 saturated carbocycles. The number of aromatic nitrogens is 2. The summed E-state index contributed by atoms with van der Waals surface area (Å²) in [6, 6.07) is 13.0. The number of rotatable bonds is 13. The van der Waals surface area contributed by atoms with Crippen molar-refractivity contribution in [1.82, 2.24) is 36.6 Å². The smallest absolute Gasteiger partial charge is 0.390 e. The Morgan fingerprint density at radius 3 is 2.42 bits per heavy atom. The number of nitrogens with zero attached hydrogens (tertiary/aromatic N) is 2. The van der Waals surface area contributed by atoms with Crippen LogP contribution in [0.25, 0.3) is 11.3 Å². The lowest BCUT2D eigenvalue weighted by molar-refractivity contribution is -0.121. The highest BCUT2D eigenvalue weighted by Crippen LogP contribution is 2.18. The summed E-state index contributed by atoms with van der Waals surface area (Å²) in [6.45, 7) is 1.77. The number of nitrogens with one attached hydrogen (secondary N) is 5. The molecule has 13 heteroatoms. The average molecular weight is 568 g/mol. The number of pyridine rings is 1. The Kier molecular flexibility index (Phi) is 11.9. The first kappa shape index (κ1) is 30.0. The van der Waals surface area contributed by atoms with Gasteiger partial charge in [-0.3, -0.25) is 14.6 Å². The highest BCUT2D eigenvalue weighted by Gasteiger charge is 2.16. The predicted molar refractivity (Wildman–Crippen MR) is 151 cm³/mol. The van der Waals surface area contributed by atoms with Crippen LogP contribution in [0.3, 0.4) is 0 Å². The van der Waals surface area contributed by atoms with Crippen LogP contribution in [0.2, 0.25) is 0 Å². The first-order valence-corrected chi connectivity index (χ1v) is 13.6. The molecule has 2 heterocycles. The monoisotopic (exact) mass is 567 g/mol. The summed E-state index contributed by atoms with van der Waals surface area (Å²) in [5.41, 5.74) is 2.86. The molecule has 0 aliphatic carbocycles. The molecule has 0 fully saturated rings. The first-order chi connectivity index (χ1) is 19.3. The van der Waals surface area contributed by atoms with E-state index in [1.807, 2.05) is 42.5 Å². The molecule has 1 atom stereocenters. The fourth-order valence-electron chi connectivity index (χ4n) is 3.70. The van der Waals surface area contributed by atoms with Gasteiger partial charge in [0.15, 0.2) is 0 Å². The lowest BCUT2D eigenvalue weighted by atomic mass is 9.99. The molecule has 12 nitrogen and oxygen atoms in total. The normalized spacial score (nSPS) is 11.2. The second-order valence-corrected chi connectivity index (χ2v) is 9.82. The second kappa shape index (κ2) is 15.8. The summed E-state index contributed by atoms with van der Waals surface area (Å²) < 4.78 is 5.07. The van der Waals surface area contributed by atoms with Gasteiger partial charge in [0.1, 0.15) is 6.54 Å². The van der Waals surface area contributed by atoms with E-state index in [0.29, 0.717) is 25.8 Å². The van der Waals surface area contributed by atoms with Crippen LogP contribution in [0.15, 0.2) is 54.0 Å². The molecule has 2 aromatic heterocycles. The number of thiazole rings is 1. The number of carbonyl (C=O) groups excluding carboxylic acids is 4. The van der Waals surface area contributed by atoms with Gasteiger partial charge in [0.2, 0.25) is 17.7 Å². The van der Waals surface area contributed by atoms with E-state index in [0.717, 1.165) is 21.8 Å². The van der Waals surface area contributed by atoms with Crippen molar-refractivity contribution in [2.45, 2.75) is 32.2 Å². The summed E-state index contributed by atoms with van der Waals surface area (Å²) in [4.78, 5) is 56.2. The Balaban J connectivity index is 1.52. The molecule has 0 aliphatic heterocycles. The molecule has 3 rings (SSSR count). The highest BCUT2D eigenvalue weighted by molar-refractivity contribution is 7.09. The van der Waals surface area contributed by atoms with Gasteiger partial charge in [-0.15, -0.1) is 11.3 Å². The number of ether oxygens (including phenoxy) is 1. The maximum atomic E-state index is 12.6. The van der Waals surface area contributed by atoms with E-state index in [1.54, 1.807) is 18.5 Å². The van der Waals surface area contributed by atoms with Gasteiger partial charge in [-0.05, 0) is 43.9 Å².